The lowest BCUT2D eigenvalue weighted by molar-refractivity contribution is -0.182. The van der Waals surface area contributed by atoms with Crippen LogP contribution >= 0.6 is 0 Å². The van der Waals surface area contributed by atoms with Crippen LogP contribution in [0.2, 0.25) is 0 Å². The van der Waals surface area contributed by atoms with Gasteiger partial charge in [0.25, 0.3) is 0 Å². The minimum atomic E-state index is -0.703. The molecule has 0 aromatic carbocycles. The van der Waals surface area contributed by atoms with Crippen LogP contribution in [0, 0.1) is 5.41 Å². The number of esters is 1. The van der Waals surface area contributed by atoms with Gasteiger partial charge in [0.05, 0.1) is 6.61 Å². The van der Waals surface area contributed by atoms with Crippen molar-refractivity contribution in [1.29, 1.82) is 0 Å². The molecule has 1 atom stereocenters. The largest absolute Gasteiger partial charge is 0.426 e. The van der Waals surface area contributed by atoms with Crippen LogP contribution in [0.5, 0.6) is 0 Å². The zero-order chi connectivity index (χ0) is 10.5. The highest BCUT2D eigenvalue weighted by Gasteiger charge is 2.54. The van der Waals surface area contributed by atoms with Crippen molar-refractivity contribution in [2.45, 2.75) is 44.8 Å². The Balaban J connectivity index is 1.84. The molecular formula is C12H16O3. The SMILES string of the molecule is CC1=CC2(CC3(CCCC3)CO2)OC1=O. The molecule has 0 bridgehead atoms. The minimum Gasteiger partial charge on any atom is -0.426 e. The fourth-order valence-corrected chi connectivity index (χ4v) is 3.16. The highest BCUT2D eigenvalue weighted by Crippen LogP contribution is 2.52. The van der Waals surface area contributed by atoms with Gasteiger partial charge >= 0.3 is 5.97 Å². The zero-order valence-corrected chi connectivity index (χ0v) is 9.04. The fourth-order valence-electron chi connectivity index (χ4n) is 3.16. The third-order valence-electron chi connectivity index (χ3n) is 3.93. The molecule has 0 radical (unpaired) electrons. The summed E-state index contributed by atoms with van der Waals surface area (Å²) in [4.78, 5) is 11.4. The third-order valence-corrected chi connectivity index (χ3v) is 3.93. The first-order valence-electron chi connectivity index (χ1n) is 5.70. The summed E-state index contributed by atoms with van der Waals surface area (Å²) in [5, 5.41) is 0. The van der Waals surface area contributed by atoms with Gasteiger partial charge in [0.2, 0.25) is 5.79 Å². The highest BCUT2D eigenvalue weighted by atomic mass is 16.7. The van der Waals surface area contributed by atoms with Crippen LogP contribution in [-0.2, 0) is 14.3 Å². The lowest BCUT2D eigenvalue weighted by Crippen LogP contribution is -2.28. The smallest absolute Gasteiger partial charge is 0.336 e. The number of carbonyl (C=O) groups is 1. The van der Waals surface area contributed by atoms with Gasteiger partial charge in [-0.2, -0.15) is 0 Å². The van der Waals surface area contributed by atoms with Crippen LogP contribution in [0.1, 0.15) is 39.0 Å². The zero-order valence-electron chi connectivity index (χ0n) is 9.04. The van der Waals surface area contributed by atoms with Gasteiger partial charge in [0.15, 0.2) is 0 Å². The first kappa shape index (κ1) is 9.40. The Morgan fingerprint density at radius 2 is 2.07 bits per heavy atom. The average molecular weight is 208 g/mol. The summed E-state index contributed by atoms with van der Waals surface area (Å²) in [6, 6.07) is 0. The summed E-state index contributed by atoms with van der Waals surface area (Å²) >= 11 is 0. The van der Waals surface area contributed by atoms with Crippen molar-refractivity contribution in [3.05, 3.63) is 11.6 Å². The van der Waals surface area contributed by atoms with E-state index in [1.54, 1.807) is 6.92 Å². The fraction of sp³-hybridized carbons (Fsp3) is 0.750. The van der Waals surface area contributed by atoms with E-state index in [1.807, 2.05) is 6.08 Å². The predicted molar refractivity (Wildman–Crippen MR) is 54.1 cm³/mol. The van der Waals surface area contributed by atoms with E-state index in [0.717, 1.165) is 13.0 Å². The van der Waals surface area contributed by atoms with Crippen molar-refractivity contribution in [2.24, 2.45) is 5.41 Å². The summed E-state index contributed by atoms with van der Waals surface area (Å²) in [7, 11) is 0. The molecule has 0 aromatic heterocycles. The normalized spacial score (nSPS) is 37.7. The van der Waals surface area contributed by atoms with Gasteiger partial charge in [-0.3, -0.25) is 0 Å². The predicted octanol–water partition coefficient (Wildman–Crippen LogP) is 2.17. The van der Waals surface area contributed by atoms with Crippen molar-refractivity contribution in [3.8, 4) is 0 Å². The second-order valence-electron chi connectivity index (χ2n) is 5.20. The number of hydrogen-bond donors (Lipinski definition) is 0. The van der Waals surface area contributed by atoms with Crippen LogP contribution < -0.4 is 0 Å². The monoisotopic (exact) mass is 208 g/mol. The van der Waals surface area contributed by atoms with Crippen molar-refractivity contribution in [2.75, 3.05) is 6.61 Å². The van der Waals surface area contributed by atoms with Crippen LogP contribution in [0.4, 0.5) is 0 Å². The molecule has 2 fully saturated rings. The molecule has 2 spiro atoms. The number of hydrogen-bond acceptors (Lipinski definition) is 3. The van der Waals surface area contributed by atoms with Gasteiger partial charge in [0.1, 0.15) is 0 Å². The van der Waals surface area contributed by atoms with Crippen LogP contribution in [-0.4, -0.2) is 18.4 Å². The topological polar surface area (TPSA) is 35.5 Å². The number of ether oxygens (including phenoxy) is 2. The molecule has 1 saturated heterocycles. The first-order valence-corrected chi connectivity index (χ1v) is 5.70. The molecule has 2 aliphatic heterocycles. The summed E-state index contributed by atoms with van der Waals surface area (Å²) in [6.45, 7) is 2.55. The van der Waals surface area contributed by atoms with Crippen molar-refractivity contribution < 1.29 is 14.3 Å². The third kappa shape index (κ3) is 1.33. The van der Waals surface area contributed by atoms with Crippen molar-refractivity contribution in [3.63, 3.8) is 0 Å². The average Bonchev–Trinajstić information content (AvgIpc) is 2.82. The summed E-state index contributed by atoms with van der Waals surface area (Å²) in [5.41, 5.74) is 0.978. The Bertz CT molecular complexity index is 339. The minimum absolute atomic E-state index is 0.218. The van der Waals surface area contributed by atoms with Gasteiger partial charge in [-0.05, 0) is 25.8 Å². The molecule has 2 heterocycles. The van der Waals surface area contributed by atoms with E-state index in [2.05, 4.69) is 0 Å². The molecule has 1 aliphatic carbocycles. The molecule has 3 rings (SSSR count). The molecule has 3 nitrogen and oxygen atoms in total. The Labute approximate surface area is 89.4 Å². The van der Waals surface area contributed by atoms with Crippen LogP contribution in [0.25, 0.3) is 0 Å². The molecule has 15 heavy (non-hydrogen) atoms. The standard InChI is InChI=1S/C12H16O3/c1-9-6-12(15-10(9)13)7-11(8-14-12)4-2-3-5-11/h6H,2-5,7-8H2,1H3. The van der Waals surface area contributed by atoms with E-state index in [4.69, 9.17) is 9.47 Å². The first-order chi connectivity index (χ1) is 7.13. The highest BCUT2D eigenvalue weighted by molar-refractivity contribution is 5.90. The maximum atomic E-state index is 11.4. The summed E-state index contributed by atoms with van der Waals surface area (Å²) < 4.78 is 11.1. The van der Waals surface area contributed by atoms with E-state index in [9.17, 15) is 4.79 Å². The van der Waals surface area contributed by atoms with E-state index >= 15 is 0 Å². The van der Waals surface area contributed by atoms with Crippen LogP contribution in [0.3, 0.4) is 0 Å². The lowest BCUT2D eigenvalue weighted by atomic mass is 9.83. The molecule has 1 saturated carbocycles. The lowest BCUT2D eigenvalue weighted by Gasteiger charge is -2.22. The summed E-state index contributed by atoms with van der Waals surface area (Å²) in [6.07, 6.45) is 7.75. The maximum Gasteiger partial charge on any atom is 0.336 e. The quantitative estimate of drug-likeness (QED) is 0.572. The van der Waals surface area contributed by atoms with E-state index < -0.39 is 5.79 Å². The van der Waals surface area contributed by atoms with Gasteiger partial charge in [-0.25, -0.2) is 4.79 Å². The summed E-state index contributed by atoms with van der Waals surface area (Å²) in [5.74, 6) is -0.920. The second-order valence-corrected chi connectivity index (χ2v) is 5.20. The molecule has 0 aromatic rings. The Morgan fingerprint density at radius 1 is 1.33 bits per heavy atom. The van der Waals surface area contributed by atoms with Crippen molar-refractivity contribution >= 4 is 5.97 Å². The molecule has 82 valence electrons. The number of rotatable bonds is 0. The van der Waals surface area contributed by atoms with Gasteiger partial charge in [0, 0.05) is 17.4 Å². The van der Waals surface area contributed by atoms with Crippen molar-refractivity contribution in [1.82, 2.24) is 0 Å². The molecule has 3 heteroatoms. The molecule has 0 N–H and O–H groups in total. The Morgan fingerprint density at radius 3 is 2.67 bits per heavy atom. The van der Waals surface area contributed by atoms with E-state index in [1.165, 1.54) is 25.7 Å². The second kappa shape index (κ2) is 2.85. The van der Waals surface area contributed by atoms with E-state index in [0.29, 0.717) is 11.0 Å². The molecule has 3 aliphatic rings. The van der Waals surface area contributed by atoms with Gasteiger partial charge < -0.3 is 9.47 Å². The van der Waals surface area contributed by atoms with Gasteiger partial charge in [-0.15, -0.1) is 0 Å². The Kier molecular flexibility index (Phi) is 1.78. The molecule has 0 amide bonds. The number of carbonyl (C=O) groups excluding carboxylic acids is 1. The Hall–Kier alpha value is -0.830. The van der Waals surface area contributed by atoms with E-state index in [-0.39, 0.29) is 5.97 Å². The molecular weight excluding hydrogens is 192 g/mol. The van der Waals surface area contributed by atoms with Crippen LogP contribution in [0.15, 0.2) is 11.6 Å². The maximum absolute atomic E-state index is 11.4. The van der Waals surface area contributed by atoms with Gasteiger partial charge in [-0.1, -0.05) is 12.8 Å². The molecule has 1 unspecified atom stereocenters.